The van der Waals surface area contributed by atoms with Gasteiger partial charge in [0, 0.05) is 34.1 Å². The van der Waals surface area contributed by atoms with Crippen LogP contribution in [0.3, 0.4) is 0 Å². The van der Waals surface area contributed by atoms with Crippen LogP contribution in [-0.4, -0.2) is 34.7 Å². The first-order chi connectivity index (χ1) is 18.9. The van der Waals surface area contributed by atoms with E-state index in [-0.39, 0.29) is 5.82 Å². The highest BCUT2D eigenvalue weighted by molar-refractivity contribution is 6.30. The Hall–Kier alpha value is -2.56. The van der Waals surface area contributed by atoms with Gasteiger partial charge in [0.05, 0.1) is 5.69 Å². The Bertz CT molecular complexity index is 1260. The minimum Gasteiger partial charge on any atom is -0.295 e. The summed E-state index contributed by atoms with van der Waals surface area (Å²) in [4.78, 5) is 12.7. The van der Waals surface area contributed by atoms with Gasteiger partial charge in [0.15, 0.2) is 0 Å². The van der Waals surface area contributed by atoms with E-state index in [1.807, 2.05) is 0 Å². The summed E-state index contributed by atoms with van der Waals surface area (Å²) < 4.78 is 14.2. The molecule has 1 unspecified atom stereocenters. The number of pyridine rings is 1. The summed E-state index contributed by atoms with van der Waals surface area (Å²) in [6.07, 6.45) is 8.19. The molecule has 2 heterocycles. The molecule has 208 valence electrons. The lowest BCUT2D eigenvalue weighted by atomic mass is 9.91. The lowest BCUT2D eigenvalue weighted by Gasteiger charge is -2.37. The lowest BCUT2D eigenvalue weighted by molar-refractivity contribution is 0.182. The molecule has 0 radical (unpaired) electrons. The van der Waals surface area contributed by atoms with Crippen LogP contribution in [0, 0.1) is 12.7 Å². The molecule has 1 saturated heterocycles. The van der Waals surface area contributed by atoms with E-state index in [0.717, 1.165) is 56.6 Å². The Morgan fingerprint density at radius 1 is 1.05 bits per heavy atom. The molecule has 3 nitrogen and oxygen atoms in total. The monoisotopic (exact) mass is 547 g/mol. The number of hydrogen-bond acceptors (Lipinski definition) is 3. The molecule has 1 aliphatic rings. The first-order valence-corrected chi connectivity index (χ1v) is 15.0. The van der Waals surface area contributed by atoms with Crippen molar-refractivity contribution in [3.05, 3.63) is 93.5 Å². The largest absolute Gasteiger partial charge is 0.295 e. The second-order valence-corrected chi connectivity index (χ2v) is 11.4. The van der Waals surface area contributed by atoms with Gasteiger partial charge in [0.1, 0.15) is 5.82 Å². The van der Waals surface area contributed by atoms with E-state index in [0.29, 0.717) is 29.0 Å². The summed E-state index contributed by atoms with van der Waals surface area (Å²) in [5.74, 6) is 0.218. The van der Waals surface area contributed by atoms with Crippen molar-refractivity contribution in [1.82, 2.24) is 9.88 Å². The number of piperidine rings is 1. The first kappa shape index (κ1) is 29.4. The maximum atomic E-state index is 14.2. The van der Waals surface area contributed by atoms with Crippen LogP contribution >= 0.6 is 11.6 Å². The molecular weight excluding hydrogens is 505 g/mol. The second-order valence-electron chi connectivity index (χ2n) is 11.0. The van der Waals surface area contributed by atoms with Crippen LogP contribution in [0.1, 0.15) is 86.9 Å². The van der Waals surface area contributed by atoms with Gasteiger partial charge in [0.2, 0.25) is 0 Å². The quantitative estimate of drug-likeness (QED) is 0.224. The summed E-state index contributed by atoms with van der Waals surface area (Å²) in [5, 5.41) is 0.432. The average molecular weight is 548 g/mol. The van der Waals surface area contributed by atoms with Gasteiger partial charge >= 0.3 is 0 Å². The lowest BCUT2D eigenvalue weighted by Crippen LogP contribution is -2.44. The number of aryl methyl sites for hydroxylation is 4. The number of aliphatic imine (C=N–C) groups is 1. The van der Waals surface area contributed by atoms with Crippen molar-refractivity contribution >= 4 is 23.0 Å². The minimum absolute atomic E-state index is 0.241. The highest BCUT2D eigenvalue weighted by atomic mass is 35.5. The third-order valence-corrected chi connectivity index (χ3v) is 8.36. The van der Waals surface area contributed by atoms with E-state index >= 15 is 0 Å². The van der Waals surface area contributed by atoms with E-state index in [2.05, 4.69) is 69.0 Å². The van der Waals surface area contributed by atoms with Crippen molar-refractivity contribution in [2.75, 3.05) is 13.1 Å². The first-order valence-electron chi connectivity index (χ1n) is 14.7. The summed E-state index contributed by atoms with van der Waals surface area (Å²) in [6.45, 7) is 11.0. The van der Waals surface area contributed by atoms with Gasteiger partial charge in [-0.05, 0) is 119 Å². The predicted octanol–water partition coefficient (Wildman–Crippen LogP) is 9.06. The van der Waals surface area contributed by atoms with Crippen LogP contribution in [0.25, 0.3) is 0 Å². The fourth-order valence-electron chi connectivity index (χ4n) is 5.82. The molecule has 3 aromatic rings. The molecule has 1 atom stereocenters. The topological polar surface area (TPSA) is 28.5 Å². The van der Waals surface area contributed by atoms with Crippen molar-refractivity contribution in [3.63, 3.8) is 0 Å². The number of unbranched alkanes of at least 4 members (excludes halogenated alkanes) is 1. The number of nitrogens with zero attached hydrogens (tertiary/aromatic N) is 3. The maximum Gasteiger partial charge on any atom is 0.127 e. The molecule has 0 spiro atoms. The number of rotatable bonds is 11. The Labute approximate surface area is 239 Å². The molecule has 39 heavy (non-hydrogen) atoms. The number of hydrogen-bond donors (Lipinski definition) is 0. The highest BCUT2D eigenvalue weighted by Crippen LogP contribution is 2.30. The molecule has 1 aliphatic heterocycles. The van der Waals surface area contributed by atoms with Crippen molar-refractivity contribution in [2.45, 2.75) is 91.0 Å². The maximum absolute atomic E-state index is 14.2. The summed E-state index contributed by atoms with van der Waals surface area (Å²) >= 11 is 5.90. The van der Waals surface area contributed by atoms with Gasteiger partial charge in [0.25, 0.3) is 0 Å². The molecule has 2 aromatic carbocycles. The Balaban J connectivity index is 1.35. The average Bonchev–Trinajstić information content (AvgIpc) is 2.94. The zero-order valence-electron chi connectivity index (χ0n) is 24.0. The molecule has 0 bridgehead atoms. The number of halogens is 2. The Kier molecular flexibility index (Phi) is 10.7. The van der Waals surface area contributed by atoms with Gasteiger partial charge in [-0.25, -0.2) is 4.39 Å². The van der Waals surface area contributed by atoms with E-state index in [1.54, 1.807) is 12.1 Å². The number of likely N-dealkylation sites (tertiary alicyclic amines) is 1. The molecule has 0 N–H and O–H groups in total. The molecule has 0 saturated carbocycles. The fourth-order valence-corrected chi connectivity index (χ4v) is 5.98. The number of aromatic nitrogens is 1. The fraction of sp³-hybridized carbons (Fsp3) is 0.471. The second kappa shape index (κ2) is 14.2. The van der Waals surface area contributed by atoms with E-state index in [4.69, 9.17) is 21.6 Å². The van der Waals surface area contributed by atoms with E-state index in [1.165, 1.54) is 41.4 Å². The molecule has 0 aliphatic carbocycles. The van der Waals surface area contributed by atoms with Crippen LogP contribution in [0.4, 0.5) is 10.1 Å². The van der Waals surface area contributed by atoms with Crippen molar-refractivity contribution in [1.29, 1.82) is 0 Å². The zero-order chi connectivity index (χ0) is 27.8. The molecule has 1 fully saturated rings. The summed E-state index contributed by atoms with van der Waals surface area (Å²) in [5.41, 5.74) is 7.85. The van der Waals surface area contributed by atoms with Crippen LogP contribution < -0.4 is 0 Å². The Morgan fingerprint density at radius 2 is 1.85 bits per heavy atom. The van der Waals surface area contributed by atoms with Gasteiger partial charge in [-0.1, -0.05) is 56.1 Å². The van der Waals surface area contributed by atoms with Gasteiger partial charge < -0.3 is 0 Å². The molecule has 1 aromatic heterocycles. The summed E-state index contributed by atoms with van der Waals surface area (Å²) in [6, 6.07) is 18.3. The SMILES string of the molecule is CCCCc1ccc(/N=C(\C)C(CC)N2CCC(c3cccc(CCc4ccc(Cl)cc4F)n3)CC2)c(C)c1. The van der Waals surface area contributed by atoms with Crippen LogP contribution in [0.15, 0.2) is 59.6 Å². The molecular formula is C34H43ClFN3. The zero-order valence-corrected chi connectivity index (χ0v) is 24.8. The smallest absolute Gasteiger partial charge is 0.127 e. The number of benzene rings is 2. The van der Waals surface area contributed by atoms with Crippen LogP contribution in [0.5, 0.6) is 0 Å². The normalized spacial score (nSPS) is 16.0. The van der Waals surface area contributed by atoms with Gasteiger partial charge in [-0.2, -0.15) is 0 Å². The summed E-state index contributed by atoms with van der Waals surface area (Å²) in [7, 11) is 0. The third kappa shape index (κ3) is 7.99. The molecule has 5 heteroatoms. The standard InChI is InChI=1S/C34H43ClFN3/c1-5-7-9-26-12-17-32(24(3)22-26)37-25(4)34(6-2)39-20-18-28(19-21-39)33-11-8-10-30(38-33)16-14-27-13-15-29(35)23-31(27)36/h8,10-13,15,17,22-23,28,34H,5-7,9,14,16,18-21H2,1-4H3/b37-25+. The van der Waals surface area contributed by atoms with Crippen molar-refractivity contribution < 1.29 is 4.39 Å². The Morgan fingerprint density at radius 3 is 2.54 bits per heavy atom. The molecule has 0 amide bonds. The van der Waals surface area contributed by atoms with Crippen molar-refractivity contribution in [3.8, 4) is 0 Å². The molecule has 4 rings (SSSR count). The predicted molar refractivity (Wildman–Crippen MR) is 163 cm³/mol. The van der Waals surface area contributed by atoms with Crippen LogP contribution in [-0.2, 0) is 19.3 Å². The van der Waals surface area contributed by atoms with Gasteiger partial charge in [-0.3, -0.25) is 14.9 Å². The van der Waals surface area contributed by atoms with E-state index < -0.39 is 0 Å². The minimum atomic E-state index is -0.241. The highest BCUT2D eigenvalue weighted by Gasteiger charge is 2.27. The van der Waals surface area contributed by atoms with Crippen LogP contribution in [0.2, 0.25) is 5.02 Å². The van der Waals surface area contributed by atoms with Gasteiger partial charge in [-0.15, -0.1) is 0 Å². The van der Waals surface area contributed by atoms with E-state index in [9.17, 15) is 4.39 Å². The third-order valence-electron chi connectivity index (χ3n) is 8.13. The van der Waals surface area contributed by atoms with Crippen molar-refractivity contribution in [2.24, 2.45) is 4.99 Å².